The quantitative estimate of drug-likeness (QED) is 0.615. The standard InChI is InChI=1S/C9H19NO/c1-4-10-7-5-6-9(10)8(2)11-3/h8-9H,4-7H2,1-3H3/t8-,9?/m0/s1. The smallest absolute Gasteiger partial charge is 0.0698 e. The number of likely N-dealkylation sites (N-methyl/N-ethyl adjacent to an activating group) is 1. The molecule has 2 heteroatoms. The average molecular weight is 157 g/mol. The van der Waals surface area contributed by atoms with Gasteiger partial charge in [0.05, 0.1) is 6.10 Å². The molecule has 66 valence electrons. The van der Waals surface area contributed by atoms with Crippen LogP contribution < -0.4 is 0 Å². The summed E-state index contributed by atoms with van der Waals surface area (Å²) < 4.78 is 5.32. The minimum absolute atomic E-state index is 0.400. The fraction of sp³-hybridized carbons (Fsp3) is 1.00. The highest BCUT2D eigenvalue weighted by Gasteiger charge is 2.27. The van der Waals surface area contributed by atoms with Gasteiger partial charge in [-0.05, 0) is 32.9 Å². The summed E-state index contributed by atoms with van der Waals surface area (Å²) in [4.78, 5) is 2.51. The molecule has 1 fully saturated rings. The first-order valence-electron chi connectivity index (χ1n) is 4.56. The molecule has 0 radical (unpaired) electrons. The Labute approximate surface area is 69.5 Å². The summed E-state index contributed by atoms with van der Waals surface area (Å²) in [6.07, 6.45) is 3.05. The van der Waals surface area contributed by atoms with Crippen LogP contribution in [-0.4, -0.2) is 37.2 Å². The van der Waals surface area contributed by atoms with E-state index in [2.05, 4.69) is 18.7 Å². The molecular formula is C9H19NO. The predicted molar refractivity (Wildman–Crippen MR) is 46.7 cm³/mol. The lowest BCUT2D eigenvalue weighted by atomic mass is 10.1. The summed E-state index contributed by atoms with van der Waals surface area (Å²) in [5.74, 6) is 0. The second-order valence-electron chi connectivity index (χ2n) is 3.28. The third-order valence-corrected chi connectivity index (χ3v) is 2.73. The van der Waals surface area contributed by atoms with Crippen molar-refractivity contribution in [2.24, 2.45) is 0 Å². The van der Waals surface area contributed by atoms with E-state index in [4.69, 9.17) is 4.74 Å². The maximum absolute atomic E-state index is 5.32. The summed E-state index contributed by atoms with van der Waals surface area (Å²) >= 11 is 0. The lowest BCUT2D eigenvalue weighted by Gasteiger charge is -2.27. The van der Waals surface area contributed by atoms with E-state index < -0.39 is 0 Å². The van der Waals surface area contributed by atoms with Crippen molar-refractivity contribution in [1.82, 2.24) is 4.90 Å². The van der Waals surface area contributed by atoms with Crippen LogP contribution in [0.4, 0.5) is 0 Å². The summed E-state index contributed by atoms with van der Waals surface area (Å²) in [7, 11) is 1.80. The highest BCUT2D eigenvalue weighted by Crippen LogP contribution is 2.20. The van der Waals surface area contributed by atoms with Gasteiger partial charge in [-0.25, -0.2) is 0 Å². The minimum atomic E-state index is 0.400. The molecule has 0 bridgehead atoms. The molecule has 1 aliphatic heterocycles. The molecule has 1 saturated heterocycles. The highest BCUT2D eigenvalue weighted by molar-refractivity contribution is 4.82. The molecule has 0 amide bonds. The van der Waals surface area contributed by atoms with Crippen molar-refractivity contribution in [3.63, 3.8) is 0 Å². The average Bonchev–Trinajstić information content (AvgIpc) is 2.50. The zero-order valence-corrected chi connectivity index (χ0v) is 7.84. The molecule has 0 saturated carbocycles. The molecule has 0 aromatic carbocycles. The highest BCUT2D eigenvalue weighted by atomic mass is 16.5. The largest absolute Gasteiger partial charge is 0.380 e. The van der Waals surface area contributed by atoms with Crippen LogP contribution in [0.15, 0.2) is 0 Å². The molecule has 2 atom stereocenters. The van der Waals surface area contributed by atoms with Gasteiger partial charge in [0, 0.05) is 13.2 Å². The zero-order chi connectivity index (χ0) is 8.27. The first kappa shape index (κ1) is 9.01. The van der Waals surface area contributed by atoms with Crippen LogP contribution in [0.3, 0.4) is 0 Å². The molecule has 1 unspecified atom stereocenters. The molecule has 0 aliphatic carbocycles. The number of ether oxygens (including phenoxy) is 1. The van der Waals surface area contributed by atoms with Crippen LogP contribution in [0.25, 0.3) is 0 Å². The number of hydrogen-bond donors (Lipinski definition) is 0. The molecule has 0 aromatic rings. The van der Waals surface area contributed by atoms with Crippen LogP contribution in [0, 0.1) is 0 Å². The van der Waals surface area contributed by atoms with Crippen molar-refractivity contribution in [3.05, 3.63) is 0 Å². The van der Waals surface area contributed by atoms with E-state index in [0.717, 1.165) is 0 Å². The number of nitrogens with zero attached hydrogens (tertiary/aromatic N) is 1. The maximum atomic E-state index is 5.32. The SMILES string of the molecule is CCN1CCCC1[C@H](C)OC. The van der Waals surface area contributed by atoms with Gasteiger partial charge in [-0.2, -0.15) is 0 Å². The first-order valence-corrected chi connectivity index (χ1v) is 4.56. The molecule has 0 aromatic heterocycles. The second-order valence-corrected chi connectivity index (χ2v) is 3.28. The third-order valence-electron chi connectivity index (χ3n) is 2.73. The molecule has 0 N–H and O–H groups in total. The van der Waals surface area contributed by atoms with E-state index in [1.54, 1.807) is 7.11 Å². The van der Waals surface area contributed by atoms with E-state index in [1.165, 1.54) is 25.9 Å². The van der Waals surface area contributed by atoms with E-state index in [0.29, 0.717) is 12.1 Å². The first-order chi connectivity index (χ1) is 5.29. The fourth-order valence-corrected chi connectivity index (χ4v) is 1.93. The molecule has 0 spiro atoms. The van der Waals surface area contributed by atoms with Crippen LogP contribution in [0.2, 0.25) is 0 Å². The maximum Gasteiger partial charge on any atom is 0.0698 e. The molecule has 1 rings (SSSR count). The Bertz CT molecular complexity index is 116. The van der Waals surface area contributed by atoms with Crippen molar-refractivity contribution in [3.8, 4) is 0 Å². The van der Waals surface area contributed by atoms with Crippen LogP contribution in [0.1, 0.15) is 26.7 Å². The van der Waals surface area contributed by atoms with E-state index in [-0.39, 0.29) is 0 Å². The summed E-state index contributed by atoms with van der Waals surface area (Å²) in [6.45, 7) is 6.81. The Morgan fingerprint density at radius 1 is 1.64 bits per heavy atom. The second kappa shape index (κ2) is 4.07. The van der Waals surface area contributed by atoms with Crippen molar-refractivity contribution < 1.29 is 4.74 Å². The molecule has 1 heterocycles. The van der Waals surface area contributed by atoms with Crippen LogP contribution in [-0.2, 0) is 4.74 Å². The van der Waals surface area contributed by atoms with Gasteiger partial charge in [-0.1, -0.05) is 6.92 Å². The van der Waals surface area contributed by atoms with E-state index in [1.807, 2.05) is 0 Å². The number of rotatable bonds is 3. The number of methoxy groups -OCH3 is 1. The zero-order valence-electron chi connectivity index (χ0n) is 7.84. The minimum Gasteiger partial charge on any atom is -0.380 e. The van der Waals surface area contributed by atoms with Crippen LogP contribution >= 0.6 is 0 Å². The Hall–Kier alpha value is -0.0800. The summed E-state index contributed by atoms with van der Waals surface area (Å²) in [6, 6.07) is 0.671. The fourth-order valence-electron chi connectivity index (χ4n) is 1.93. The van der Waals surface area contributed by atoms with Gasteiger partial charge in [-0.3, -0.25) is 4.90 Å². The lowest BCUT2D eigenvalue weighted by Crippen LogP contribution is -2.38. The normalized spacial score (nSPS) is 29.2. The Morgan fingerprint density at radius 2 is 2.36 bits per heavy atom. The van der Waals surface area contributed by atoms with Gasteiger partial charge in [0.1, 0.15) is 0 Å². The van der Waals surface area contributed by atoms with Gasteiger partial charge in [0.15, 0.2) is 0 Å². The topological polar surface area (TPSA) is 12.5 Å². The molecule has 1 aliphatic rings. The Kier molecular flexibility index (Phi) is 3.34. The van der Waals surface area contributed by atoms with Crippen LogP contribution in [0.5, 0.6) is 0 Å². The van der Waals surface area contributed by atoms with E-state index in [9.17, 15) is 0 Å². The predicted octanol–water partition coefficient (Wildman–Crippen LogP) is 1.51. The third kappa shape index (κ3) is 1.94. The Morgan fingerprint density at radius 3 is 2.91 bits per heavy atom. The summed E-state index contributed by atoms with van der Waals surface area (Å²) in [5.41, 5.74) is 0. The Balaban J connectivity index is 2.42. The number of likely N-dealkylation sites (tertiary alicyclic amines) is 1. The van der Waals surface area contributed by atoms with Crippen molar-refractivity contribution in [2.75, 3.05) is 20.2 Å². The number of hydrogen-bond acceptors (Lipinski definition) is 2. The summed E-state index contributed by atoms with van der Waals surface area (Å²) in [5, 5.41) is 0. The van der Waals surface area contributed by atoms with Gasteiger partial charge < -0.3 is 4.74 Å². The molecular weight excluding hydrogens is 138 g/mol. The molecule has 11 heavy (non-hydrogen) atoms. The van der Waals surface area contributed by atoms with Gasteiger partial charge >= 0.3 is 0 Å². The molecule has 2 nitrogen and oxygen atoms in total. The van der Waals surface area contributed by atoms with Crippen molar-refractivity contribution in [2.45, 2.75) is 38.8 Å². The van der Waals surface area contributed by atoms with Gasteiger partial charge in [0.2, 0.25) is 0 Å². The van der Waals surface area contributed by atoms with Crippen molar-refractivity contribution >= 4 is 0 Å². The van der Waals surface area contributed by atoms with Crippen molar-refractivity contribution in [1.29, 1.82) is 0 Å². The lowest BCUT2D eigenvalue weighted by molar-refractivity contribution is 0.0459. The van der Waals surface area contributed by atoms with Gasteiger partial charge in [0.25, 0.3) is 0 Å². The monoisotopic (exact) mass is 157 g/mol. The van der Waals surface area contributed by atoms with E-state index >= 15 is 0 Å². The van der Waals surface area contributed by atoms with Gasteiger partial charge in [-0.15, -0.1) is 0 Å².